The van der Waals surface area contributed by atoms with Gasteiger partial charge in [-0.15, -0.1) is 0 Å². The molecule has 0 spiro atoms. The van der Waals surface area contributed by atoms with Crippen molar-refractivity contribution in [1.29, 1.82) is 5.26 Å². The van der Waals surface area contributed by atoms with Gasteiger partial charge in [-0.2, -0.15) is 14.0 Å². The van der Waals surface area contributed by atoms with Gasteiger partial charge in [-0.1, -0.05) is 38.0 Å². The van der Waals surface area contributed by atoms with Crippen LogP contribution in [0.15, 0.2) is 79.0 Å². The molecule has 5 rings (SSSR count). The van der Waals surface area contributed by atoms with E-state index in [1.54, 1.807) is 12.3 Å². The van der Waals surface area contributed by atoms with Crippen LogP contribution in [0.5, 0.6) is 5.75 Å². The molecule has 0 bridgehead atoms. The highest BCUT2D eigenvalue weighted by atomic mass is 19.3. The topological polar surface area (TPSA) is 45.9 Å². The Balaban J connectivity index is 1.36. The van der Waals surface area contributed by atoms with Gasteiger partial charge >= 0.3 is 6.11 Å². The summed E-state index contributed by atoms with van der Waals surface area (Å²) in [6.07, 6.45) is 1.08. The van der Waals surface area contributed by atoms with Crippen LogP contribution < -0.4 is 4.74 Å². The average Bonchev–Trinajstić information content (AvgIpc) is 3.00. The second-order valence-corrected chi connectivity index (χ2v) is 10.7. The highest BCUT2D eigenvalue weighted by molar-refractivity contribution is 5.70. The summed E-state index contributed by atoms with van der Waals surface area (Å²) in [7, 11) is 0. The quantitative estimate of drug-likeness (QED) is 0.111. The Bertz CT molecular complexity index is 1940. The zero-order valence-corrected chi connectivity index (χ0v) is 24.7. The molecule has 4 aromatic carbocycles. The van der Waals surface area contributed by atoms with Gasteiger partial charge in [0.2, 0.25) is 0 Å². The lowest BCUT2D eigenvalue weighted by Gasteiger charge is -2.20. The molecule has 11 heteroatoms. The van der Waals surface area contributed by atoms with Gasteiger partial charge in [-0.3, -0.25) is 4.98 Å². The summed E-state index contributed by atoms with van der Waals surface area (Å²) < 4.78 is 122. The number of ether oxygens (including phenoxy) is 1. The van der Waals surface area contributed by atoms with Crippen molar-refractivity contribution >= 4 is 0 Å². The van der Waals surface area contributed by atoms with Gasteiger partial charge < -0.3 is 4.74 Å². The Morgan fingerprint density at radius 3 is 1.79 bits per heavy atom. The van der Waals surface area contributed by atoms with E-state index in [1.807, 2.05) is 6.07 Å². The maximum absolute atomic E-state index is 15.1. The molecule has 0 saturated carbocycles. The summed E-state index contributed by atoms with van der Waals surface area (Å²) in [5, 5.41) is 8.79. The number of hydrogen-bond acceptors (Lipinski definition) is 3. The second-order valence-electron chi connectivity index (χ2n) is 10.7. The van der Waals surface area contributed by atoms with E-state index in [2.05, 4.69) is 16.6 Å². The minimum atomic E-state index is -4.66. The van der Waals surface area contributed by atoms with E-state index >= 15 is 22.0 Å². The predicted molar refractivity (Wildman–Crippen MR) is 159 cm³/mol. The number of nitrogens with zero attached hydrogens (tertiary/aromatic N) is 2. The SMILES string of the molecule is CCCCCc1ccc(-c2ccc(-c3cc(F)c(C(F)(F)Oc4ccc(-c5cc(F)c(C#N)c(F)c5)c(F)c4)c(F)c3)c(F)c2)nc1. The molecule has 0 saturated heterocycles. The normalized spacial score (nSPS) is 11.4. The Morgan fingerprint density at radius 2 is 1.26 bits per heavy atom. The highest BCUT2D eigenvalue weighted by Crippen LogP contribution is 2.39. The number of unbranched alkanes of at least 4 members (excludes halogenated alkanes) is 2. The smallest absolute Gasteiger partial charge is 0.429 e. The number of rotatable bonds is 10. The van der Waals surface area contributed by atoms with Crippen molar-refractivity contribution in [1.82, 2.24) is 4.98 Å². The Kier molecular flexibility index (Phi) is 9.61. The number of pyridine rings is 1. The van der Waals surface area contributed by atoms with Crippen LogP contribution in [0.4, 0.5) is 35.1 Å². The first-order valence-electron chi connectivity index (χ1n) is 14.4. The number of aromatic nitrogens is 1. The number of hydrogen-bond donors (Lipinski definition) is 0. The number of aryl methyl sites for hydroxylation is 1. The van der Waals surface area contributed by atoms with Crippen LogP contribution in [0.3, 0.4) is 0 Å². The Labute approximate surface area is 264 Å². The van der Waals surface area contributed by atoms with Gasteiger partial charge in [0.1, 0.15) is 57.8 Å². The number of halogens is 8. The van der Waals surface area contributed by atoms with E-state index in [-0.39, 0.29) is 16.7 Å². The fraction of sp³-hybridized carbons (Fsp3) is 0.167. The molecule has 5 aromatic rings. The summed E-state index contributed by atoms with van der Waals surface area (Å²) in [6, 6.07) is 13.3. The van der Waals surface area contributed by atoms with Gasteiger partial charge in [-0.05, 0) is 78.1 Å². The van der Waals surface area contributed by atoms with Gasteiger partial charge in [0.15, 0.2) is 0 Å². The van der Waals surface area contributed by atoms with Crippen LogP contribution in [0.2, 0.25) is 0 Å². The largest absolute Gasteiger partial charge is 0.432 e. The molecule has 1 aromatic heterocycles. The molecule has 0 aliphatic rings. The molecule has 0 aliphatic heterocycles. The third kappa shape index (κ3) is 7.12. The van der Waals surface area contributed by atoms with Crippen molar-refractivity contribution in [2.24, 2.45) is 0 Å². The molecule has 0 atom stereocenters. The van der Waals surface area contributed by atoms with Crippen LogP contribution in [0.1, 0.15) is 42.9 Å². The summed E-state index contributed by atoms with van der Waals surface area (Å²) in [6.45, 7) is 2.10. The highest BCUT2D eigenvalue weighted by Gasteiger charge is 2.41. The van der Waals surface area contributed by atoms with Crippen molar-refractivity contribution in [3.8, 4) is 45.3 Å². The zero-order valence-electron chi connectivity index (χ0n) is 24.7. The number of alkyl halides is 2. The first-order chi connectivity index (χ1) is 22.4. The van der Waals surface area contributed by atoms with E-state index in [9.17, 15) is 13.2 Å². The molecule has 240 valence electrons. The van der Waals surface area contributed by atoms with Crippen molar-refractivity contribution in [2.45, 2.75) is 38.7 Å². The second kappa shape index (κ2) is 13.6. The third-order valence-corrected chi connectivity index (χ3v) is 7.45. The van der Waals surface area contributed by atoms with Crippen molar-refractivity contribution in [3.05, 3.63) is 131 Å². The first kappa shape index (κ1) is 33.1. The van der Waals surface area contributed by atoms with E-state index in [1.165, 1.54) is 18.2 Å². The lowest BCUT2D eigenvalue weighted by atomic mass is 9.99. The van der Waals surface area contributed by atoms with Crippen LogP contribution >= 0.6 is 0 Å². The monoisotopic (exact) mass is 652 g/mol. The average molecular weight is 653 g/mol. The number of nitriles is 1. The maximum atomic E-state index is 15.1. The number of benzene rings is 4. The van der Waals surface area contributed by atoms with Crippen molar-refractivity contribution in [2.75, 3.05) is 0 Å². The fourth-order valence-corrected chi connectivity index (χ4v) is 5.07. The van der Waals surface area contributed by atoms with Crippen LogP contribution in [-0.2, 0) is 12.5 Å². The minimum absolute atomic E-state index is 0.258. The standard InChI is InChI=1S/C36H24F8N2O/c1-2-3-4-5-20-6-11-34(46-19-20)21-7-9-25(28(37)12-21)23-15-32(41)35(33(42)16-23)36(43,44)47-24-8-10-26(31(40)17-24)22-13-29(38)27(18-45)30(39)14-22/h6-17,19H,2-5H2,1H3. The summed E-state index contributed by atoms with van der Waals surface area (Å²) in [5.74, 6) is -9.03. The van der Waals surface area contributed by atoms with E-state index in [0.717, 1.165) is 49.4 Å². The maximum Gasteiger partial charge on any atom is 0.432 e. The van der Waals surface area contributed by atoms with E-state index in [0.29, 0.717) is 41.6 Å². The summed E-state index contributed by atoms with van der Waals surface area (Å²) in [4.78, 5) is 4.36. The lowest BCUT2D eigenvalue weighted by Crippen LogP contribution is -2.25. The molecule has 0 amide bonds. The lowest BCUT2D eigenvalue weighted by molar-refractivity contribution is -0.189. The van der Waals surface area contributed by atoms with Crippen molar-refractivity contribution in [3.63, 3.8) is 0 Å². The zero-order chi connectivity index (χ0) is 33.9. The molecule has 0 radical (unpaired) electrons. The molecule has 1 heterocycles. The molecule has 47 heavy (non-hydrogen) atoms. The molecular formula is C36H24F8N2O. The van der Waals surface area contributed by atoms with Gasteiger partial charge in [-0.25, -0.2) is 26.3 Å². The Morgan fingerprint density at radius 1 is 0.681 bits per heavy atom. The summed E-state index contributed by atoms with van der Waals surface area (Å²) >= 11 is 0. The molecule has 0 unspecified atom stereocenters. The van der Waals surface area contributed by atoms with Crippen LogP contribution in [-0.4, -0.2) is 4.98 Å². The first-order valence-corrected chi connectivity index (χ1v) is 14.4. The Hall–Kier alpha value is -5.24. The summed E-state index contributed by atoms with van der Waals surface area (Å²) in [5.41, 5.74) is -2.17. The third-order valence-electron chi connectivity index (χ3n) is 7.45. The molecule has 0 aliphatic carbocycles. The van der Waals surface area contributed by atoms with Gasteiger partial charge in [0.05, 0.1) is 5.69 Å². The fourth-order valence-electron chi connectivity index (χ4n) is 5.07. The van der Waals surface area contributed by atoms with Gasteiger partial charge in [0, 0.05) is 29.0 Å². The minimum Gasteiger partial charge on any atom is -0.429 e. The molecule has 0 fully saturated rings. The molecule has 3 nitrogen and oxygen atoms in total. The van der Waals surface area contributed by atoms with Gasteiger partial charge in [0.25, 0.3) is 0 Å². The molecule has 0 N–H and O–H groups in total. The van der Waals surface area contributed by atoms with Crippen LogP contribution in [0.25, 0.3) is 33.5 Å². The van der Waals surface area contributed by atoms with E-state index < -0.39 is 63.5 Å². The van der Waals surface area contributed by atoms with Crippen LogP contribution in [0, 0.1) is 46.2 Å². The predicted octanol–water partition coefficient (Wildman–Crippen LogP) is 10.6. The van der Waals surface area contributed by atoms with Crippen molar-refractivity contribution < 1.29 is 39.9 Å². The van der Waals surface area contributed by atoms with E-state index in [4.69, 9.17) is 5.26 Å². The molecular weight excluding hydrogens is 628 g/mol.